The first-order chi connectivity index (χ1) is 8.10. The highest BCUT2D eigenvalue weighted by Crippen LogP contribution is 2.24. The molecule has 0 aliphatic carbocycles. The molecule has 88 valence electrons. The molecule has 0 atom stereocenters. The molecular formula is C11H9Cl2N3O. The molecule has 0 aromatic carbocycles. The number of rotatable bonds is 2. The zero-order chi connectivity index (χ0) is 12.4. The third-order valence-electron chi connectivity index (χ3n) is 2.19. The third-order valence-corrected chi connectivity index (χ3v) is 2.68. The summed E-state index contributed by atoms with van der Waals surface area (Å²) in [5, 5.41) is 0.793. The van der Waals surface area contributed by atoms with Crippen LogP contribution in [0, 0.1) is 0 Å². The molecule has 0 saturated carbocycles. The molecule has 6 heteroatoms. The standard InChI is InChI=1S/C11H9Cl2N3O/c1-2-7-4-9(17)16-11(15-7)10-8(13)3-6(12)5-14-10/h3-5H,2H2,1H3,(H,15,16,17). The predicted molar refractivity (Wildman–Crippen MR) is 67.5 cm³/mol. The van der Waals surface area contributed by atoms with E-state index in [0.717, 1.165) is 0 Å². The molecular weight excluding hydrogens is 261 g/mol. The molecule has 0 aliphatic heterocycles. The van der Waals surface area contributed by atoms with E-state index in [0.29, 0.717) is 33.7 Å². The van der Waals surface area contributed by atoms with Gasteiger partial charge in [0.1, 0.15) is 5.69 Å². The molecule has 0 radical (unpaired) electrons. The number of pyridine rings is 1. The molecule has 2 heterocycles. The fourth-order valence-electron chi connectivity index (χ4n) is 1.39. The van der Waals surface area contributed by atoms with Gasteiger partial charge in [0, 0.05) is 18.0 Å². The highest BCUT2D eigenvalue weighted by molar-refractivity contribution is 6.35. The Morgan fingerprint density at radius 1 is 1.35 bits per heavy atom. The number of halogens is 2. The summed E-state index contributed by atoms with van der Waals surface area (Å²) >= 11 is 11.8. The van der Waals surface area contributed by atoms with Crippen molar-refractivity contribution >= 4 is 23.2 Å². The zero-order valence-electron chi connectivity index (χ0n) is 9.00. The summed E-state index contributed by atoms with van der Waals surface area (Å²) in [5.74, 6) is 0.357. The Labute approximate surface area is 108 Å². The van der Waals surface area contributed by atoms with Gasteiger partial charge in [-0.25, -0.2) is 9.97 Å². The summed E-state index contributed by atoms with van der Waals surface area (Å²) in [7, 11) is 0. The maximum atomic E-state index is 11.4. The second-order valence-electron chi connectivity index (χ2n) is 3.42. The summed E-state index contributed by atoms with van der Waals surface area (Å²) < 4.78 is 0. The molecule has 0 aliphatic rings. The first kappa shape index (κ1) is 12.1. The van der Waals surface area contributed by atoms with Gasteiger partial charge < -0.3 is 4.98 Å². The van der Waals surface area contributed by atoms with Crippen molar-refractivity contribution in [1.82, 2.24) is 15.0 Å². The van der Waals surface area contributed by atoms with Crippen molar-refractivity contribution < 1.29 is 0 Å². The van der Waals surface area contributed by atoms with E-state index in [4.69, 9.17) is 23.2 Å². The average molecular weight is 270 g/mol. The number of nitrogens with one attached hydrogen (secondary N) is 1. The normalized spacial score (nSPS) is 10.5. The van der Waals surface area contributed by atoms with Crippen LogP contribution >= 0.6 is 23.2 Å². The van der Waals surface area contributed by atoms with E-state index < -0.39 is 0 Å². The van der Waals surface area contributed by atoms with Gasteiger partial charge in [-0.15, -0.1) is 0 Å². The number of aryl methyl sites for hydroxylation is 1. The Kier molecular flexibility index (Phi) is 3.45. The van der Waals surface area contributed by atoms with Gasteiger partial charge >= 0.3 is 0 Å². The largest absolute Gasteiger partial charge is 0.305 e. The van der Waals surface area contributed by atoms with Crippen molar-refractivity contribution in [3.63, 3.8) is 0 Å². The number of aromatic nitrogens is 3. The summed E-state index contributed by atoms with van der Waals surface area (Å²) in [5.41, 5.74) is 0.889. The topological polar surface area (TPSA) is 58.6 Å². The zero-order valence-corrected chi connectivity index (χ0v) is 10.5. The third kappa shape index (κ3) is 2.65. The van der Waals surface area contributed by atoms with E-state index in [9.17, 15) is 4.79 Å². The molecule has 0 unspecified atom stereocenters. The Bertz CT molecular complexity index is 610. The van der Waals surface area contributed by atoms with Crippen molar-refractivity contribution in [2.75, 3.05) is 0 Å². The van der Waals surface area contributed by atoms with E-state index in [1.165, 1.54) is 12.3 Å². The molecule has 2 aromatic heterocycles. The second kappa shape index (κ2) is 4.85. The minimum Gasteiger partial charge on any atom is -0.305 e. The summed E-state index contributed by atoms with van der Waals surface area (Å²) in [6.07, 6.45) is 2.13. The van der Waals surface area contributed by atoms with Crippen molar-refractivity contribution in [3.05, 3.63) is 44.4 Å². The van der Waals surface area contributed by atoms with Crippen molar-refractivity contribution in [2.24, 2.45) is 0 Å². The lowest BCUT2D eigenvalue weighted by atomic mass is 10.3. The van der Waals surface area contributed by atoms with E-state index in [2.05, 4.69) is 15.0 Å². The van der Waals surface area contributed by atoms with Crippen molar-refractivity contribution in [2.45, 2.75) is 13.3 Å². The van der Waals surface area contributed by atoms with E-state index in [1.54, 1.807) is 6.07 Å². The Balaban J connectivity index is 2.60. The lowest BCUT2D eigenvalue weighted by Gasteiger charge is -2.04. The van der Waals surface area contributed by atoms with E-state index in [-0.39, 0.29) is 5.56 Å². The van der Waals surface area contributed by atoms with Crippen LogP contribution in [0.1, 0.15) is 12.6 Å². The molecule has 0 spiro atoms. The van der Waals surface area contributed by atoms with Gasteiger partial charge in [-0.3, -0.25) is 4.79 Å². The Morgan fingerprint density at radius 2 is 2.12 bits per heavy atom. The van der Waals surface area contributed by atoms with Gasteiger partial charge in [0.05, 0.1) is 10.0 Å². The SMILES string of the molecule is CCc1cc(=O)[nH]c(-c2ncc(Cl)cc2Cl)n1. The highest BCUT2D eigenvalue weighted by atomic mass is 35.5. The molecule has 17 heavy (non-hydrogen) atoms. The smallest absolute Gasteiger partial charge is 0.251 e. The fourth-order valence-corrected chi connectivity index (χ4v) is 1.86. The lowest BCUT2D eigenvalue weighted by Crippen LogP contribution is -2.10. The Morgan fingerprint density at radius 3 is 2.76 bits per heavy atom. The Hall–Kier alpha value is -1.39. The molecule has 0 amide bonds. The number of hydrogen-bond acceptors (Lipinski definition) is 3. The molecule has 0 saturated heterocycles. The van der Waals surface area contributed by atoms with Crippen LogP contribution in [0.15, 0.2) is 23.1 Å². The summed E-state index contributed by atoms with van der Waals surface area (Å²) in [4.78, 5) is 22.4. The predicted octanol–water partition coefficient (Wildman–Crippen LogP) is 2.70. The van der Waals surface area contributed by atoms with Gasteiger partial charge in [0.25, 0.3) is 5.56 Å². The maximum Gasteiger partial charge on any atom is 0.251 e. The van der Waals surface area contributed by atoms with Crippen LogP contribution < -0.4 is 5.56 Å². The van der Waals surface area contributed by atoms with Crippen molar-refractivity contribution in [3.8, 4) is 11.5 Å². The average Bonchev–Trinajstić information content (AvgIpc) is 2.28. The molecule has 2 aromatic rings. The van der Waals surface area contributed by atoms with E-state index >= 15 is 0 Å². The molecule has 1 N–H and O–H groups in total. The number of H-pyrrole nitrogens is 1. The number of aromatic amines is 1. The van der Waals surface area contributed by atoms with Gasteiger partial charge in [-0.2, -0.15) is 0 Å². The summed E-state index contributed by atoms with van der Waals surface area (Å²) in [6, 6.07) is 3.01. The van der Waals surface area contributed by atoms with Gasteiger partial charge in [-0.05, 0) is 12.5 Å². The molecule has 4 nitrogen and oxygen atoms in total. The van der Waals surface area contributed by atoms with Gasteiger partial charge in [-0.1, -0.05) is 30.1 Å². The van der Waals surface area contributed by atoms with Crippen LogP contribution in [0.5, 0.6) is 0 Å². The first-order valence-corrected chi connectivity index (χ1v) is 5.77. The maximum absolute atomic E-state index is 11.4. The second-order valence-corrected chi connectivity index (χ2v) is 4.27. The number of hydrogen-bond donors (Lipinski definition) is 1. The van der Waals surface area contributed by atoms with Crippen LogP contribution in [0.4, 0.5) is 0 Å². The van der Waals surface area contributed by atoms with Crippen LogP contribution in [0.25, 0.3) is 11.5 Å². The minimum atomic E-state index is -0.223. The quantitative estimate of drug-likeness (QED) is 0.912. The fraction of sp³-hybridized carbons (Fsp3) is 0.182. The molecule has 2 rings (SSSR count). The minimum absolute atomic E-state index is 0.223. The van der Waals surface area contributed by atoms with Crippen LogP contribution in [0.2, 0.25) is 10.0 Å². The summed E-state index contributed by atoms with van der Waals surface area (Å²) in [6.45, 7) is 1.92. The number of nitrogens with zero attached hydrogens (tertiary/aromatic N) is 2. The van der Waals surface area contributed by atoms with Gasteiger partial charge in [0.2, 0.25) is 0 Å². The van der Waals surface area contributed by atoms with Crippen LogP contribution in [-0.4, -0.2) is 15.0 Å². The van der Waals surface area contributed by atoms with Crippen LogP contribution in [0.3, 0.4) is 0 Å². The monoisotopic (exact) mass is 269 g/mol. The first-order valence-electron chi connectivity index (χ1n) is 5.02. The van der Waals surface area contributed by atoms with Crippen LogP contribution in [-0.2, 0) is 6.42 Å². The van der Waals surface area contributed by atoms with E-state index in [1.807, 2.05) is 6.92 Å². The molecule has 0 bridgehead atoms. The lowest BCUT2D eigenvalue weighted by molar-refractivity contribution is 0.980. The molecule has 0 fully saturated rings. The highest BCUT2D eigenvalue weighted by Gasteiger charge is 2.09. The van der Waals surface area contributed by atoms with Crippen molar-refractivity contribution in [1.29, 1.82) is 0 Å². The van der Waals surface area contributed by atoms with Gasteiger partial charge in [0.15, 0.2) is 5.82 Å².